The molecule has 5 heteroatoms. The molecular weight excluding hydrogens is 267 g/mol. The highest BCUT2D eigenvalue weighted by Gasteiger charge is 2.10. The number of nitrogens with two attached hydrogens (primary N) is 1. The molecule has 3 rings (SSSR count). The third-order valence-corrected chi connectivity index (χ3v) is 3.25. The van der Waals surface area contributed by atoms with E-state index in [9.17, 15) is 9.18 Å². The quantitative estimate of drug-likeness (QED) is 0.804. The first kappa shape index (κ1) is 11.9. The van der Waals surface area contributed by atoms with Gasteiger partial charge in [0, 0.05) is 16.9 Å². The smallest absolute Gasteiger partial charge is 0.270 e. The number of hydrogen-bond donors (Lipinski definition) is 1. The van der Waals surface area contributed by atoms with Gasteiger partial charge in [-0.2, -0.15) is 0 Å². The van der Waals surface area contributed by atoms with E-state index in [1.807, 2.05) is 0 Å². The van der Waals surface area contributed by atoms with Crippen molar-refractivity contribution in [1.82, 2.24) is 0 Å². The van der Waals surface area contributed by atoms with Gasteiger partial charge < -0.3 is 5.73 Å². The summed E-state index contributed by atoms with van der Waals surface area (Å²) in [6.45, 7) is 0. The number of carbonyl (C=O) groups is 1. The Kier molecular flexibility index (Phi) is 2.61. The van der Waals surface area contributed by atoms with Crippen molar-refractivity contribution in [3.63, 3.8) is 0 Å². The zero-order valence-corrected chi connectivity index (χ0v) is 10.4. The molecule has 0 atom stereocenters. The lowest BCUT2D eigenvalue weighted by atomic mass is 10.0. The molecule has 2 aromatic rings. The van der Waals surface area contributed by atoms with Gasteiger partial charge in [0.15, 0.2) is 0 Å². The molecule has 0 radical (unpaired) electrons. The van der Waals surface area contributed by atoms with E-state index in [0.717, 1.165) is 5.22 Å². The minimum Gasteiger partial charge on any atom is -0.396 e. The van der Waals surface area contributed by atoms with E-state index in [2.05, 4.69) is 4.99 Å². The van der Waals surface area contributed by atoms with Gasteiger partial charge in [-0.25, -0.2) is 9.38 Å². The van der Waals surface area contributed by atoms with Crippen LogP contribution < -0.4 is 16.3 Å². The predicted octanol–water partition coefficient (Wildman–Crippen LogP) is 1.67. The molecule has 0 bridgehead atoms. The minimum atomic E-state index is -0.528. The molecule has 0 aromatic heterocycles. The van der Waals surface area contributed by atoms with E-state index in [1.165, 1.54) is 18.2 Å². The normalized spacial score (nSPS) is 12.8. The molecule has 0 fully saturated rings. The number of anilines is 1. The fraction of sp³-hybridized carbons (Fsp3) is 0. The molecule has 1 aliphatic heterocycles. The van der Waals surface area contributed by atoms with Crippen LogP contribution in [0.1, 0.15) is 0 Å². The Balaban J connectivity index is 2.23. The highest BCUT2D eigenvalue weighted by atomic mass is 35.5. The number of fused-ring (bicyclic) bond motifs is 1. The van der Waals surface area contributed by atoms with Gasteiger partial charge in [0.2, 0.25) is 0 Å². The Morgan fingerprint density at radius 2 is 2.00 bits per heavy atom. The molecule has 2 aromatic carbocycles. The van der Waals surface area contributed by atoms with Gasteiger partial charge in [0.05, 0.1) is 16.1 Å². The second-order valence-electron chi connectivity index (χ2n) is 4.22. The summed E-state index contributed by atoms with van der Waals surface area (Å²) < 4.78 is 13.5. The molecule has 94 valence electrons. The van der Waals surface area contributed by atoms with Crippen LogP contribution in [-0.4, -0.2) is 5.91 Å². The van der Waals surface area contributed by atoms with Gasteiger partial charge in [-0.15, -0.1) is 0 Å². The van der Waals surface area contributed by atoms with Crippen LogP contribution in [0.15, 0.2) is 35.3 Å². The number of nitrogens with zero attached hydrogens (tertiary/aromatic N) is 1. The Morgan fingerprint density at radius 1 is 1.21 bits per heavy atom. The Hall–Kier alpha value is -2.20. The molecule has 1 heterocycles. The number of benzene rings is 2. The van der Waals surface area contributed by atoms with Gasteiger partial charge >= 0.3 is 0 Å². The molecule has 1 aliphatic rings. The first-order valence-corrected chi connectivity index (χ1v) is 5.92. The maximum absolute atomic E-state index is 13.5. The van der Waals surface area contributed by atoms with Crippen LogP contribution in [0.5, 0.6) is 0 Å². The average Bonchev–Trinajstić information content (AvgIpc) is 2.72. The first-order chi connectivity index (χ1) is 9.04. The van der Waals surface area contributed by atoms with Gasteiger partial charge in [-0.3, -0.25) is 4.79 Å². The van der Waals surface area contributed by atoms with Crippen molar-refractivity contribution < 1.29 is 9.18 Å². The highest BCUT2D eigenvalue weighted by Crippen LogP contribution is 2.30. The zero-order chi connectivity index (χ0) is 13.6. The molecule has 0 unspecified atom stereocenters. The highest BCUT2D eigenvalue weighted by molar-refractivity contribution is 6.33. The molecule has 0 aliphatic carbocycles. The standard InChI is InChI=1S/C14H8ClFN2O/c15-10-6-12(17)11(16)5-9(10)7-1-2-8-4-14(19)18-13(8)3-7/h1-6H,17H2. The Bertz CT molecular complexity index is 830. The number of amides is 1. The topological polar surface area (TPSA) is 55.4 Å². The summed E-state index contributed by atoms with van der Waals surface area (Å²) in [7, 11) is 0. The third-order valence-electron chi connectivity index (χ3n) is 2.94. The van der Waals surface area contributed by atoms with E-state index >= 15 is 0 Å². The number of nitrogen functional groups attached to an aromatic ring is 1. The van der Waals surface area contributed by atoms with Crippen LogP contribution in [0.4, 0.5) is 10.1 Å². The minimum absolute atomic E-state index is 0.00288. The van der Waals surface area contributed by atoms with Crippen LogP contribution in [0.3, 0.4) is 0 Å². The SMILES string of the molecule is Nc1cc(Cl)c(-c2ccc3c(c2)=NC(=O)C=3)cc1F. The summed E-state index contributed by atoms with van der Waals surface area (Å²) in [6.07, 6.45) is 1.45. The predicted molar refractivity (Wildman–Crippen MR) is 71.5 cm³/mol. The van der Waals surface area contributed by atoms with E-state index in [4.69, 9.17) is 17.3 Å². The van der Waals surface area contributed by atoms with Crippen molar-refractivity contribution in [3.8, 4) is 11.1 Å². The van der Waals surface area contributed by atoms with Crippen LogP contribution in [0, 0.1) is 5.82 Å². The van der Waals surface area contributed by atoms with Crippen LogP contribution in [-0.2, 0) is 4.79 Å². The number of hydrogen-bond acceptors (Lipinski definition) is 2. The lowest BCUT2D eigenvalue weighted by Crippen LogP contribution is -2.20. The van der Waals surface area contributed by atoms with Crippen molar-refractivity contribution in [1.29, 1.82) is 0 Å². The monoisotopic (exact) mass is 274 g/mol. The van der Waals surface area contributed by atoms with Crippen LogP contribution in [0.25, 0.3) is 17.2 Å². The second kappa shape index (κ2) is 4.17. The number of halogens is 2. The number of rotatable bonds is 1. The first-order valence-electron chi connectivity index (χ1n) is 5.54. The molecular formula is C14H8ClFN2O. The molecule has 1 amide bonds. The van der Waals surface area contributed by atoms with E-state index in [-0.39, 0.29) is 11.6 Å². The maximum atomic E-state index is 13.5. The summed E-state index contributed by atoms with van der Waals surface area (Å²) in [5, 5.41) is 1.67. The van der Waals surface area contributed by atoms with Crippen LogP contribution in [0.2, 0.25) is 5.02 Å². The van der Waals surface area contributed by atoms with Crippen molar-refractivity contribution >= 4 is 29.3 Å². The van der Waals surface area contributed by atoms with E-state index < -0.39 is 5.82 Å². The Morgan fingerprint density at radius 3 is 2.79 bits per heavy atom. The van der Waals surface area contributed by atoms with Gasteiger partial charge in [-0.05, 0) is 23.8 Å². The third kappa shape index (κ3) is 2.00. The fourth-order valence-electron chi connectivity index (χ4n) is 2.00. The number of carbonyl (C=O) groups excluding carboxylic acids is 1. The molecule has 2 N–H and O–H groups in total. The summed E-state index contributed by atoms with van der Waals surface area (Å²) in [4.78, 5) is 15.0. The van der Waals surface area contributed by atoms with Crippen molar-refractivity contribution in [2.24, 2.45) is 4.99 Å². The second-order valence-corrected chi connectivity index (χ2v) is 4.63. The van der Waals surface area contributed by atoms with Crippen LogP contribution >= 0.6 is 11.6 Å². The van der Waals surface area contributed by atoms with Gasteiger partial charge in [0.25, 0.3) is 5.91 Å². The average molecular weight is 275 g/mol. The zero-order valence-electron chi connectivity index (χ0n) is 9.65. The van der Waals surface area contributed by atoms with Crippen molar-refractivity contribution in [2.45, 2.75) is 0 Å². The molecule has 19 heavy (non-hydrogen) atoms. The molecule has 3 nitrogen and oxygen atoms in total. The van der Waals surface area contributed by atoms with E-state index in [1.54, 1.807) is 18.2 Å². The van der Waals surface area contributed by atoms with Crippen molar-refractivity contribution in [2.75, 3.05) is 5.73 Å². The summed E-state index contributed by atoms with van der Waals surface area (Å²) in [5.74, 6) is -0.818. The molecule has 0 saturated carbocycles. The molecule has 0 saturated heterocycles. The van der Waals surface area contributed by atoms with Gasteiger partial charge in [-0.1, -0.05) is 23.7 Å². The maximum Gasteiger partial charge on any atom is 0.270 e. The lowest BCUT2D eigenvalue weighted by Gasteiger charge is -2.06. The summed E-state index contributed by atoms with van der Waals surface area (Å²) in [5.41, 5.74) is 6.66. The Labute approximate surface area is 112 Å². The summed E-state index contributed by atoms with van der Waals surface area (Å²) in [6, 6.07) is 7.87. The molecule has 0 spiro atoms. The largest absolute Gasteiger partial charge is 0.396 e. The van der Waals surface area contributed by atoms with Crippen molar-refractivity contribution in [3.05, 3.63) is 51.7 Å². The van der Waals surface area contributed by atoms with E-state index in [0.29, 0.717) is 21.5 Å². The lowest BCUT2D eigenvalue weighted by molar-refractivity contribution is -0.112. The fourth-order valence-corrected chi connectivity index (χ4v) is 2.28. The summed E-state index contributed by atoms with van der Waals surface area (Å²) >= 11 is 6.06. The van der Waals surface area contributed by atoms with Gasteiger partial charge in [0.1, 0.15) is 5.82 Å².